The van der Waals surface area contributed by atoms with Crippen LogP contribution in [0.15, 0.2) is 72.3 Å². The van der Waals surface area contributed by atoms with E-state index in [-0.39, 0.29) is 11.3 Å². The van der Waals surface area contributed by atoms with Gasteiger partial charge in [-0.1, -0.05) is 42.8 Å². The highest BCUT2D eigenvalue weighted by Crippen LogP contribution is 2.43. The fourth-order valence-corrected chi connectivity index (χ4v) is 4.24. The van der Waals surface area contributed by atoms with E-state index in [1.807, 2.05) is 44.2 Å². The van der Waals surface area contributed by atoms with Crippen LogP contribution in [0.5, 0.6) is 11.5 Å². The van der Waals surface area contributed by atoms with Crippen LogP contribution in [0.2, 0.25) is 0 Å². The van der Waals surface area contributed by atoms with Crippen molar-refractivity contribution in [2.45, 2.75) is 26.3 Å². The van der Waals surface area contributed by atoms with Gasteiger partial charge in [0, 0.05) is 5.69 Å². The number of benzene rings is 3. The quantitative estimate of drug-likeness (QED) is 0.313. The molecule has 6 heteroatoms. The summed E-state index contributed by atoms with van der Waals surface area (Å²) in [7, 11) is 3.07. The molecule has 0 aliphatic carbocycles. The molecule has 0 saturated carbocycles. The number of ether oxygens (including phenoxy) is 2. The van der Waals surface area contributed by atoms with Crippen molar-refractivity contribution in [1.29, 1.82) is 0 Å². The molecule has 1 aliphatic rings. The number of rotatable bonds is 6. The Morgan fingerprint density at radius 1 is 0.941 bits per heavy atom. The van der Waals surface area contributed by atoms with Gasteiger partial charge in [-0.05, 0) is 60.9 Å². The smallest absolute Gasteiger partial charge is 0.300 e. The van der Waals surface area contributed by atoms with Gasteiger partial charge < -0.3 is 14.6 Å². The lowest BCUT2D eigenvalue weighted by atomic mass is 9.94. The Hall–Kier alpha value is -4.06. The number of hydrogen-bond donors (Lipinski definition) is 1. The Balaban J connectivity index is 1.95. The van der Waals surface area contributed by atoms with Crippen molar-refractivity contribution in [3.05, 3.63) is 94.6 Å². The topological polar surface area (TPSA) is 76.1 Å². The molecule has 1 amide bonds. The monoisotopic (exact) mass is 457 g/mol. The number of hydrogen-bond acceptors (Lipinski definition) is 5. The molecule has 6 nitrogen and oxygen atoms in total. The zero-order valence-electron chi connectivity index (χ0n) is 19.7. The van der Waals surface area contributed by atoms with Crippen molar-refractivity contribution in [3.8, 4) is 11.5 Å². The predicted molar refractivity (Wildman–Crippen MR) is 131 cm³/mol. The van der Waals surface area contributed by atoms with Crippen LogP contribution in [0.1, 0.15) is 35.2 Å². The Morgan fingerprint density at radius 3 is 2.21 bits per heavy atom. The molecule has 1 N–H and O–H groups in total. The number of aryl methyl sites for hydroxylation is 2. The summed E-state index contributed by atoms with van der Waals surface area (Å²) in [5.74, 6) is -0.657. The maximum Gasteiger partial charge on any atom is 0.300 e. The average Bonchev–Trinajstić information content (AvgIpc) is 3.13. The molecule has 1 saturated heterocycles. The first-order valence-corrected chi connectivity index (χ1v) is 11.1. The molecule has 0 bridgehead atoms. The van der Waals surface area contributed by atoms with Crippen molar-refractivity contribution < 1.29 is 24.2 Å². The van der Waals surface area contributed by atoms with Gasteiger partial charge in [0.05, 0.1) is 31.4 Å². The lowest BCUT2D eigenvalue weighted by molar-refractivity contribution is -0.132. The molecular formula is C28H27NO5. The number of aliphatic hydroxyl groups excluding tert-OH is 1. The van der Waals surface area contributed by atoms with E-state index in [1.54, 1.807) is 43.5 Å². The molecule has 4 rings (SSSR count). The highest BCUT2D eigenvalue weighted by molar-refractivity contribution is 6.51. The Kier molecular flexibility index (Phi) is 6.41. The summed E-state index contributed by atoms with van der Waals surface area (Å²) in [6.07, 6.45) is 0.855. The van der Waals surface area contributed by atoms with Crippen LogP contribution in [-0.4, -0.2) is 31.0 Å². The number of ketones is 1. The van der Waals surface area contributed by atoms with Crippen LogP contribution in [0, 0.1) is 6.92 Å². The highest BCUT2D eigenvalue weighted by Gasteiger charge is 2.47. The first-order valence-electron chi connectivity index (χ1n) is 11.1. The van der Waals surface area contributed by atoms with Gasteiger partial charge in [-0.3, -0.25) is 14.5 Å². The largest absolute Gasteiger partial charge is 0.507 e. The van der Waals surface area contributed by atoms with Gasteiger partial charge in [-0.2, -0.15) is 0 Å². The van der Waals surface area contributed by atoms with Crippen LogP contribution in [-0.2, 0) is 16.0 Å². The number of amides is 1. The van der Waals surface area contributed by atoms with Gasteiger partial charge in [0.15, 0.2) is 0 Å². The SMILES string of the molecule is CCc1ccc(N2C(=O)C(=O)/C(=C(/O)c3cc(C)ccc3OC)C2c2ccc(OC)cc2)cc1. The van der Waals surface area contributed by atoms with Gasteiger partial charge in [-0.15, -0.1) is 0 Å². The molecule has 0 spiro atoms. The van der Waals surface area contributed by atoms with E-state index >= 15 is 0 Å². The first-order chi connectivity index (χ1) is 16.4. The second-order valence-electron chi connectivity index (χ2n) is 8.17. The molecule has 1 heterocycles. The molecule has 1 fully saturated rings. The fourth-order valence-electron chi connectivity index (χ4n) is 4.24. The molecule has 174 valence electrons. The fraction of sp³-hybridized carbons (Fsp3) is 0.214. The number of carbonyl (C=O) groups excluding carboxylic acids is 2. The van der Waals surface area contributed by atoms with Gasteiger partial charge >= 0.3 is 0 Å². The molecule has 0 aromatic heterocycles. The van der Waals surface area contributed by atoms with Crippen LogP contribution < -0.4 is 14.4 Å². The average molecular weight is 458 g/mol. The summed E-state index contributed by atoms with van der Waals surface area (Å²) in [6.45, 7) is 3.93. The Labute approximate surface area is 199 Å². The summed E-state index contributed by atoms with van der Waals surface area (Å²) in [4.78, 5) is 28.1. The lowest BCUT2D eigenvalue weighted by Crippen LogP contribution is -2.29. The third kappa shape index (κ3) is 4.03. The first kappa shape index (κ1) is 23.1. The van der Waals surface area contributed by atoms with E-state index in [0.29, 0.717) is 28.3 Å². The van der Waals surface area contributed by atoms with Gasteiger partial charge in [0.1, 0.15) is 17.3 Å². The number of anilines is 1. The second-order valence-corrected chi connectivity index (χ2v) is 8.17. The van der Waals surface area contributed by atoms with Gasteiger partial charge in [0.2, 0.25) is 0 Å². The van der Waals surface area contributed by atoms with Crippen LogP contribution in [0.3, 0.4) is 0 Å². The van der Waals surface area contributed by atoms with E-state index in [1.165, 1.54) is 12.0 Å². The number of carbonyl (C=O) groups is 2. The van der Waals surface area contributed by atoms with Crippen molar-refractivity contribution in [2.75, 3.05) is 19.1 Å². The zero-order valence-corrected chi connectivity index (χ0v) is 19.7. The van der Waals surface area contributed by atoms with E-state index < -0.39 is 17.7 Å². The van der Waals surface area contributed by atoms with Crippen LogP contribution >= 0.6 is 0 Å². The molecule has 34 heavy (non-hydrogen) atoms. The lowest BCUT2D eigenvalue weighted by Gasteiger charge is -2.26. The summed E-state index contributed by atoms with van der Waals surface area (Å²) in [5, 5.41) is 11.4. The Bertz CT molecular complexity index is 1260. The van der Waals surface area contributed by atoms with E-state index in [2.05, 4.69) is 0 Å². The summed E-state index contributed by atoms with van der Waals surface area (Å²) in [5.41, 5.74) is 3.63. The van der Waals surface area contributed by atoms with Gasteiger partial charge in [0.25, 0.3) is 11.7 Å². The Morgan fingerprint density at radius 2 is 1.62 bits per heavy atom. The molecule has 3 aromatic carbocycles. The minimum absolute atomic E-state index is 0.0126. The molecule has 1 atom stereocenters. The van der Waals surface area contributed by atoms with E-state index in [0.717, 1.165) is 17.5 Å². The zero-order chi connectivity index (χ0) is 24.4. The van der Waals surface area contributed by atoms with Crippen molar-refractivity contribution in [3.63, 3.8) is 0 Å². The third-order valence-corrected chi connectivity index (χ3v) is 6.11. The molecule has 0 radical (unpaired) electrons. The highest BCUT2D eigenvalue weighted by atomic mass is 16.5. The van der Waals surface area contributed by atoms with E-state index in [9.17, 15) is 14.7 Å². The summed E-state index contributed by atoms with van der Waals surface area (Å²) in [6, 6.07) is 19.1. The maximum atomic E-state index is 13.3. The van der Waals surface area contributed by atoms with Gasteiger partial charge in [-0.25, -0.2) is 0 Å². The molecule has 3 aromatic rings. The number of methoxy groups -OCH3 is 2. The van der Waals surface area contributed by atoms with Crippen molar-refractivity contribution in [2.24, 2.45) is 0 Å². The molecular weight excluding hydrogens is 430 g/mol. The van der Waals surface area contributed by atoms with Crippen molar-refractivity contribution in [1.82, 2.24) is 0 Å². The molecule has 1 aliphatic heterocycles. The standard InChI is InChI=1S/C28H27NO5/c1-5-18-7-11-20(12-8-18)29-25(19-9-13-21(33-3)14-10-19)24(27(31)28(29)32)26(30)22-16-17(2)6-15-23(22)34-4/h6-16,25,30H,5H2,1-4H3/b26-24+. The summed E-state index contributed by atoms with van der Waals surface area (Å²) >= 11 is 0. The van der Waals surface area contributed by atoms with Crippen molar-refractivity contribution >= 4 is 23.1 Å². The number of Topliss-reactive ketones (excluding diaryl/α,β-unsaturated/α-hetero) is 1. The number of aliphatic hydroxyl groups is 1. The minimum Gasteiger partial charge on any atom is -0.507 e. The van der Waals surface area contributed by atoms with E-state index in [4.69, 9.17) is 9.47 Å². The molecule has 1 unspecified atom stereocenters. The summed E-state index contributed by atoms with van der Waals surface area (Å²) < 4.78 is 10.7. The third-order valence-electron chi connectivity index (χ3n) is 6.11. The predicted octanol–water partition coefficient (Wildman–Crippen LogP) is 5.20. The normalized spacial score (nSPS) is 17.2. The second kappa shape index (κ2) is 9.43. The number of nitrogens with zero attached hydrogens (tertiary/aromatic N) is 1. The van der Waals surface area contributed by atoms with Crippen LogP contribution in [0.4, 0.5) is 5.69 Å². The minimum atomic E-state index is -0.816. The maximum absolute atomic E-state index is 13.3. The van der Waals surface area contributed by atoms with Crippen LogP contribution in [0.25, 0.3) is 5.76 Å².